The number of hydrogen-bond donors (Lipinski definition) is 1. The Morgan fingerprint density at radius 1 is 1.39 bits per heavy atom. The van der Waals surface area contributed by atoms with Gasteiger partial charge < -0.3 is 0 Å². The summed E-state index contributed by atoms with van der Waals surface area (Å²) in [6.45, 7) is 4.23. The lowest BCUT2D eigenvalue weighted by molar-refractivity contribution is 0.544. The molecule has 0 spiro atoms. The maximum absolute atomic E-state index is 12.0. The maximum atomic E-state index is 12.0. The summed E-state index contributed by atoms with van der Waals surface area (Å²) in [6.07, 6.45) is 0.738. The van der Waals surface area contributed by atoms with Gasteiger partial charge >= 0.3 is 0 Å². The second-order valence-corrected chi connectivity index (χ2v) is 8.91. The first-order valence-corrected chi connectivity index (χ1v) is 8.80. The number of rotatable bonds is 6. The Morgan fingerprint density at radius 2 is 2.00 bits per heavy atom. The van der Waals surface area contributed by atoms with Gasteiger partial charge in [-0.25, -0.2) is 13.1 Å². The lowest BCUT2D eigenvalue weighted by Gasteiger charge is -2.12. The van der Waals surface area contributed by atoms with E-state index in [0.29, 0.717) is 10.3 Å². The van der Waals surface area contributed by atoms with Gasteiger partial charge in [-0.1, -0.05) is 37.0 Å². The average Bonchev–Trinajstić information content (AvgIpc) is 2.55. The van der Waals surface area contributed by atoms with Crippen molar-refractivity contribution in [3.8, 4) is 0 Å². The average molecular weight is 351 g/mol. The van der Waals surface area contributed by atoms with Crippen molar-refractivity contribution in [2.24, 2.45) is 5.92 Å². The monoisotopic (exact) mass is 349 g/mol. The molecule has 3 nitrogen and oxygen atoms in total. The minimum Gasteiger partial charge on any atom is -0.210 e. The summed E-state index contributed by atoms with van der Waals surface area (Å²) >= 11 is 18.6. The van der Waals surface area contributed by atoms with Crippen molar-refractivity contribution in [1.29, 1.82) is 0 Å². The van der Waals surface area contributed by atoms with E-state index in [1.807, 2.05) is 13.8 Å². The molecule has 8 heteroatoms. The standard InChI is InChI=1S/C10H14Cl3NO2S2/c1-6(2)3-7(11)5-14-18(15,16)8-4-9(12)17-10(8)13/h4,6-7,14H,3,5H2,1-2H3. The smallest absolute Gasteiger partial charge is 0.210 e. The fraction of sp³-hybridized carbons (Fsp3) is 0.600. The number of halogens is 3. The van der Waals surface area contributed by atoms with Gasteiger partial charge in [0.05, 0.1) is 4.34 Å². The van der Waals surface area contributed by atoms with Crippen LogP contribution in [0.4, 0.5) is 0 Å². The highest BCUT2D eigenvalue weighted by atomic mass is 35.5. The second kappa shape index (κ2) is 6.77. The van der Waals surface area contributed by atoms with E-state index in [0.717, 1.165) is 17.8 Å². The van der Waals surface area contributed by atoms with Gasteiger partial charge in [0.2, 0.25) is 10.0 Å². The van der Waals surface area contributed by atoms with Crippen LogP contribution in [-0.2, 0) is 10.0 Å². The first kappa shape index (κ1) is 16.5. The first-order chi connectivity index (χ1) is 8.22. The molecule has 1 N–H and O–H groups in total. The zero-order valence-corrected chi connectivity index (χ0v) is 13.8. The highest BCUT2D eigenvalue weighted by Gasteiger charge is 2.21. The molecular formula is C10H14Cl3NO2S2. The predicted octanol–water partition coefficient (Wildman–Crippen LogP) is 3.99. The minimum atomic E-state index is -3.64. The molecular weight excluding hydrogens is 337 g/mol. The van der Waals surface area contributed by atoms with Crippen LogP contribution in [0, 0.1) is 5.92 Å². The lowest BCUT2D eigenvalue weighted by atomic mass is 10.1. The van der Waals surface area contributed by atoms with Crippen molar-refractivity contribution in [3.63, 3.8) is 0 Å². The molecule has 0 radical (unpaired) electrons. The van der Waals surface area contributed by atoms with Gasteiger partial charge in [0.25, 0.3) is 0 Å². The van der Waals surface area contributed by atoms with E-state index in [2.05, 4.69) is 4.72 Å². The minimum absolute atomic E-state index is 0.00702. The largest absolute Gasteiger partial charge is 0.243 e. The molecule has 1 rings (SSSR count). The fourth-order valence-electron chi connectivity index (χ4n) is 1.38. The summed E-state index contributed by atoms with van der Waals surface area (Å²) in [4.78, 5) is 0.00702. The summed E-state index contributed by atoms with van der Waals surface area (Å²) in [5.74, 6) is 0.413. The molecule has 0 bridgehead atoms. The molecule has 1 aromatic heterocycles. The van der Waals surface area contributed by atoms with Crippen LogP contribution in [0.15, 0.2) is 11.0 Å². The molecule has 1 atom stereocenters. The van der Waals surface area contributed by atoms with E-state index in [9.17, 15) is 8.42 Å². The van der Waals surface area contributed by atoms with Crippen LogP contribution >= 0.6 is 46.1 Å². The summed E-state index contributed by atoms with van der Waals surface area (Å²) < 4.78 is 26.8. The quantitative estimate of drug-likeness (QED) is 0.789. The molecule has 0 fully saturated rings. The van der Waals surface area contributed by atoms with E-state index in [-0.39, 0.29) is 21.2 Å². The van der Waals surface area contributed by atoms with Crippen LogP contribution in [0.2, 0.25) is 8.67 Å². The Balaban J connectivity index is 2.69. The third kappa shape index (κ3) is 4.87. The van der Waals surface area contributed by atoms with Crippen molar-refractivity contribution in [3.05, 3.63) is 14.7 Å². The highest BCUT2D eigenvalue weighted by molar-refractivity contribution is 7.89. The molecule has 1 aromatic rings. The zero-order valence-electron chi connectivity index (χ0n) is 9.91. The lowest BCUT2D eigenvalue weighted by Crippen LogP contribution is -2.30. The Morgan fingerprint density at radius 3 is 2.44 bits per heavy atom. The van der Waals surface area contributed by atoms with Crippen molar-refractivity contribution in [1.82, 2.24) is 4.72 Å². The van der Waals surface area contributed by atoms with Gasteiger partial charge in [0.1, 0.15) is 9.23 Å². The van der Waals surface area contributed by atoms with Gasteiger partial charge in [-0.15, -0.1) is 22.9 Å². The topological polar surface area (TPSA) is 46.2 Å². The van der Waals surface area contributed by atoms with E-state index in [4.69, 9.17) is 34.8 Å². The Bertz CT molecular complexity index is 499. The summed E-state index contributed by atoms with van der Waals surface area (Å²) in [7, 11) is -3.64. The summed E-state index contributed by atoms with van der Waals surface area (Å²) in [5, 5.41) is -0.243. The SMILES string of the molecule is CC(C)CC(Cl)CNS(=O)(=O)c1cc(Cl)sc1Cl. The van der Waals surface area contributed by atoms with Crippen molar-refractivity contribution >= 4 is 56.2 Å². The normalized spacial score (nSPS) is 14.1. The van der Waals surface area contributed by atoms with Gasteiger partial charge in [-0.2, -0.15) is 0 Å². The van der Waals surface area contributed by atoms with Crippen LogP contribution in [0.5, 0.6) is 0 Å². The van der Waals surface area contributed by atoms with Gasteiger partial charge in [-0.3, -0.25) is 0 Å². The third-order valence-corrected chi connectivity index (χ3v) is 5.65. The molecule has 104 valence electrons. The molecule has 0 aromatic carbocycles. The van der Waals surface area contributed by atoms with Crippen LogP contribution < -0.4 is 4.72 Å². The Kier molecular flexibility index (Phi) is 6.22. The first-order valence-electron chi connectivity index (χ1n) is 5.31. The Hall–Kier alpha value is 0.480. The molecule has 1 heterocycles. The molecule has 0 aliphatic carbocycles. The highest BCUT2D eigenvalue weighted by Crippen LogP contribution is 2.34. The summed E-state index contributed by atoms with van der Waals surface area (Å²) in [5.41, 5.74) is 0. The molecule has 1 unspecified atom stereocenters. The van der Waals surface area contributed by atoms with Crippen molar-refractivity contribution in [2.75, 3.05) is 6.54 Å². The van der Waals surface area contributed by atoms with Crippen LogP contribution in [0.25, 0.3) is 0 Å². The Labute approximate surface area is 126 Å². The van der Waals surface area contributed by atoms with Crippen molar-refractivity contribution < 1.29 is 8.42 Å². The van der Waals surface area contributed by atoms with E-state index in [1.54, 1.807) is 0 Å². The molecule has 0 aliphatic rings. The second-order valence-electron chi connectivity index (χ2n) is 4.27. The number of alkyl halides is 1. The van der Waals surface area contributed by atoms with Crippen molar-refractivity contribution in [2.45, 2.75) is 30.5 Å². The maximum Gasteiger partial charge on any atom is 0.243 e. The molecule has 0 saturated carbocycles. The summed E-state index contributed by atoms with van der Waals surface area (Å²) in [6, 6.07) is 1.34. The van der Waals surface area contributed by atoms with Crippen LogP contribution in [0.1, 0.15) is 20.3 Å². The number of sulfonamides is 1. The molecule has 18 heavy (non-hydrogen) atoms. The van der Waals surface area contributed by atoms with E-state index < -0.39 is 10.0 Å². The van der Waals surface area contributed by atoms with Crippen LogP contribution in [0.3, 0.4) is 0 Å². The molecule has 0 saturated heterocycles. The van der Waals surface area contributed by atoms with E-state index in [1.165, 1.54) is 6.07 Å². The van der Waals surface area contributed by atoms with Gasteiger partial charge in [0.15, 0.2) is 0 Å². The molecule has 0 amide bonds. The van der Waals surface area contributed by atoms with E-state index >= 15 is 0 Å². The van der Waals surface area contributed by atoms with Gasteiger partial charge in [-0.05, 0) is 18.4 Å². The number of nitrogens with one attached hydrogen (secondary N) is 1. The number of hydrogen-bond acceptors (Lipinski definition) is 3. The number of thiophene rings is 1. The third-order valence-electron chi connectivity index (χ3n) is 2.14. The predicted molar refractivity (Wildman–Crippen MR) is 78.6 cm³/mol. The molecule has 0 aliphatic heterocycles. The zero-order chi connectivity index (χ0) is 13.9. The van der Waals surface area contributed by atoms with Gasteiger partial charge in [0, 0.05) is 11.9 Å². The van der Waals surface area contributed by atoms with Crippen LogP contribution in [-0.4, -0.2) is 20.3 Å². The fourth-order valence-corrected chi connectivity index (χ4v) is 5.14.